The van der Waals surface area contributed by atoms with E-state index in [2.05, 4.69) is 5.32 Å². The Balaban J connectivity index is 2.20. The van der Waals surface area contributed by atoms with E-state index in [1.54, 1.807) is 6.07 Å². The van der Waals surface area contributed by atoms with Crippen LogP contribution in [0.2, 0.25) is 0 Å². The van der Waals surface area contributed by atoms with E-state index in [1.807, 2.05) is 24.3 Å². The van der Waals surface area contributed by atoms with E-state index in [-0.39, 0.29) is 5.69 Å². The predicted octanol–water partition coefficient (Wildman–Crippen LogP) is 3.78. The molecule has 0 aliphatic rings. The number of alkyl halides is 3. The second-order valence-electron chi connectivity index (χ2n) is 4.37. The van der Waals surface area contributed by atoms with Gasteiger partial charge in [0.15, 0.2) is 0 Å². The Morgan fingerprint density at radius 1 is 0.900 bits per heavy atom. The highest BCUT2D eigenvalue weighted by Crippen LogP contribution is 2.34. The van der Waals surface area contributed by atoms with Crippen molar-refractivity contribution in [1.29, 1.82) is 0 Å². The first kappa shape index (κ1) is 14.4. The lowest BCUT2D eigenvalue weighted by molar-refractivity contribution is -0.136. The molecule has 0 heterocycles. The van der Waals surface area contributed by atoms with Gasteiger partial charge in [0.2, 0.25) is 0 Å². The summed E-state index contributed by atoms with van der Waals surface area (Å²) in [4.78, 5) is 0. The Labute approximate surface area is 115 Å². The SMILES string of the molecule is NCc1ccccc1CNc1ccccc1C(F)(F)F. The van der Waals surface area contributed by atoms with Crippen LogP contribution in [-0.2, 0) is 19.3 Å². The first-order valence-corrected chi connectivity index (χ1v) is 6.19. The van der Waals surface area contributed by atoms with Crippen molar-refractivity contribution in [3.63, 3.8) is 0 Å². The second-order valence-corrected chi connectivity index (χ2v) is 4.37. The number of hydrogen-bond donors (Lipinski definition) is 2. The summed E-state index contributed by atoms with van der Waals surface area (Å²) >= 11 is 0. The van der Waals surface area contributed by atoms with Gasteiger partial charge in [-0.3, -0.25) is 0 Å². The highest BCUT2D eigenvalue weighted by molar-refractivity contribution is 5.53. The van der Waals surface area contributed by atoms with Gasteiger partial charge < -0.3 is 11.1 Å². The molecule has 0 unspecified atom stereocenters. The number of nitrogens with one attached hydrogen (secondary N) is 1. The van der Waals surface area contributed by atoms with Crippen molar-refractivity contribution in [2.45, 2.75) is 19.3 Å². The molecular formula is C15H15F3N2. The van der Waals surface area contributed by atoms with Gasteiger partial charge in [0.1, 0.15) is 0 Å². The number of para-hydroxylation sites is 1. The number of halogens is 3. The number of anilines is 1. The van der Waals surface area contributed by atoms with E-state index in [9.17, 15) is 13.2 Å². The van der Waals surface area contributed by atoms with E-state index < -0.39 is 11.7 Å². The van der Waals surface area contributed by atoms with Crippen molar-refractivity contribution >= 4 is 5.69 Å². The lowest BCUT2D eigenvalue weighted by atomic mass is 10.1. The molecule has 2 aromatic carbocycles. The minimum Gasteiger partial charge on any atom is -0.380 e. The van der Waals surface area contributed by atoms with Crippen LogP contribution in [0.25, 0.3) is 0 Å². The molecule has 0 radical (unpaired) electrons. The van der Waals surface area contributed by atoms with Crippen LogP contribution in [-0.4, -0.2) is 0 Å². The molecule has 0 saturated carbocycles. The number of hydrogen-bond acceptors (Lipinski definition) is 2. The molecule has 5 heteroatoms. The fourth-order valence-electron chi connectivity index (χ4n) is 2.00. The average Bonchev–Trinajstić information content (AvgIpc) is 2.44. The Morgan fingerprint density at radius 2 is 1.50 bits per heavy atom. The van der Waals surface area contributed by atoms with E-state index in [1.165, 1.54) is 12.1 Å². The summed E-state index contributed by atoms with van der Waals surface area (Å²) in [6.45, 7) is 0.666. The van der Waals surface area contributed by atoms with Crippen LogP contribution in [0, 0.1) is 0 Å². The lowest BCUT2D eigenvalue weighted by Gasteiger charge is -2.15. The van der Waals surface area contributed by atoms with Crippen molar-refractivity contribution in [2.75, 3.05) is 5.32 Å². The zero-order valence-electron chi connectivity index (χ0n) is 10.7. The fraction of sp³-hybridized carbons (Fsp3) is 0.200. The van der Waals surface area contributed by atoms with Crippen LogP contribution in [0.3, 0.4) is 0 Å². The molecule has 0 amide bonds. The van der Waals surface area contributed by atoms with Crippen molar-refractivity contribution < 1.29 is 13.2 Å². The van der Waals surface area contributed by atoms with E-state index in [4.69, 9.17) is 5.73 Å². The van der Waals surface area contributed by atoms with Crippen molar-refractivity contribution in [1.82, 2.24) is 0 Å². The molecule has 106 valence electrons. The normalized spacial score (nSPS) is 11.4. The van der Waals surface area contributed by atoms with Gasteiger partial charge in [-0.2, -0.15) is 13.2 Å². The van der Waals surface area contributed by atoms with Gasteiger partial charge in [0, 0.05) is 18.8 Å². The molecule has 20 heavy (non-hydrogen) atoms. The van der Waals surface area contributed by atoms with Crippen LogP contribution in [0.15, 0.2) is 48.5 Å². The summed E-state index contributed by atoms with van der Waals surface area (Å²) in [6.07, 6.45) is -4.36. The molecular weight excluding hydrogens is 265 g/mol. The highest BCUT2D eigenvalue weighted by Gasteiger charge is 2.33. The Hall–Kier alpha value is -2.01. The smallest absolute Gasteiger partial charge is 0.380 e. The minimum atomic E-state index is -4.36. The molecule has 2 rings (SSSR count). The molecule has 0 atom stereocenters. The van der Waals surface area contributed by atoms with E-state index >= 15 is 0 Å². The number of nitrogens with two attached hydrogens (primary N) is 1. The van der Waals surface area contributed by atoms with Gasteiger partial charge in [0.25, 0.3) is 0 Å². The molecule has 0 fully saturated rings. The molecule has 0 spiro atoms. The third-order valence-corrected chi connectivity index (χ3v) is 3.04. The van der Waals surface area contributed by atoms with Crippen LogP contribution < -0.4 is 11.1 Å². The van der Waals surface area contributed by atoms with Crippen molar-refractivity contribution in [3.05, 3.63) is 65.2 Å². The zero-order valence-corrected chi connectivity index (χ0v) is 10.7. The summed E-state index contributed by atoms with van der Waals surface area (Å²) in [6, 6.07) is 12.9. The van der Waals surface area contributed by atoms with Crippen LogP contribution >= 0.6 is 0 Å². The van der Waals surface area contributed by atoms with Crippen LogP contribution in [0.4, 0.5) is 18.9 Å². The van der Waals surface area contributed by atoms with E-state index in [0.29, 0.717) is 13.1 Å². The Morgan fingerprint density at radius 3 is 2.15 bits per heavy atom. The topological polar surface area (TPSA) is 38.0 Å². The summed E-state index contributed by atoms with van der Waals surface area (Å²) in [5, 5.41) is 2.84. The zero-order chi connectivity index (χ0) is 14.6. The number of benzene rings is 2. The summed E-state index contributed by atoms with van der Waals surface area (Å²) in [7, 11) is 0. The quantitative estimate of drug-likeness (QED) is 0.894. The van der Waals surface area contributed by atoms with Gasteiger partial charge in [0.05, 0.1) is 5.56 Å². The van der Waals surface area contributed by atoms with E-state index in [0.717, 1.165) is 17.2 Å². The molecule has 0 bridgehead atoms. The van der Waals surface area contributed by atoms with Crippen LogP contribution in [0.5, 0.6) is 0 Å². The second kappa shape index (κ2) is 5.96. The van der Waals surface area contributed by atoms with Gasteiger partial charge in [-0.15, -0.1) is 0 Å². The average molecular weight is 280 g/mol. The monoisotopic (exact) mass is 280 g/mol. The number of rotatable bonds is 4. The molecule has 2 nitrogen and oxygen atoms in total. The maximum Gasteiger partial charge on any atom is 0.418 e. The molecule has 0 saturated heterocycles. The van der Waals surface area contributed by atoms with Gasteiger partial charge in [-0.25, -0.2) is 0 Å². The molecule has 0 aliphatic carbocycles. The largest absolute Gasteiger partial charge is 0.418 e. The fourth-order valence-corrected chi connectivity index (χ4v) is 2.00. The maximum absolute atomic E-state index is 12.9. The summed E-state index contributed by atoms with van der Waals surface area (Å²) < 4.78 is 38.6. The third kappa shape index (κ3) is 3.30. The molecule has 2 aromatic rings. The molecule has 0 aromatic heterocycles. The van der Waals surface area contributed by atoms with Crippen LogP contribution in [0.1, 0.15) is 16.7 Å². The first-order valence-electron chi connectivity index (χ1n) is 6.19. The van der Waals surface area contributed by atoms with Crippen molar-refractivity contribution in [3.8, 4) is 0 Å². The maximum atomic E-state index is 12.9. The Kier molecular flexibility index (Phi) is 4.29. The van der Waals surface area contributed by atoms with Gasteiger partial charge in [-0.05, 0) is 23.3 Å². The third-order valence-electron chi connectivity index (χ3n) is 3.04. The van der Waals surface area contributed by atoms with Gasteiger partial charge >= 0.3 is 6.18 Å². The Bertz CT molecular complexity index is 579. The first-order chi connectivity index (χ1) is 9.52. The molecule has 3 N–H and O–H groups in total. The molecule has 0 aliphatic heterocycles. The highest BCUT2D eigenvalue weighted by atomic mass is 19.4. The standard InChI is InChI=1S/C15H15F3N2/c16-15(17,18)13-7-3-4-8-14(13)20-10-12-6-2-1-5-11(12)9-19/h1-8,20H,9-10,19H2. The predicted molar refractivity (Wildman–Crippen MR) is 73.1 cm³/mol. The minimum absolute atomic E-state index is 0.0758. The lowest BCUT2D eigenvalue weighted by Crippen LogP contribution is -2.12. The van der Waals surface area contributed by atoms with Gasteiger partial charge in [-0.1, -0.05) is 36.4 Å². The summed E-state index contributed by atoms with van der Waals surface area (Å²) in [5.74, 6) is 0. The van der Waals surface area contributed by atoms with Crippen molar-refractivity contribution in [2.24, 2.45) is 5.73 Å². The summed E-state index contributed by atoms with van der Waals surface area (Å²) in [5.41, 5.74) is 6.84.